The van der Waals surface area contributed by atoms with Crippen LogP contribution in [0.4, 0.5) is 0 Å². The number of ketones is 1. The quantitative estimate of drug-likeness (QED) is 0.488. The van der Waals surface area contributed by atoms with Crippen molar-refractivity contribution in [3.63, 3.8) is 0 Å². The van der Waals surface area contributed by atoms with E-state index in [1.54, 1.807) is 29.4 Å². The van der Waals surface area contributed by atoms with Crippen LogP contribution in [-0.4, -0.2) is 55.0 Å². The van der Waals surface area contributed by atoms with E-state index < -0.39 is 41.1 Å². The van der Waals surface area contributed by atoms with E-state index in [1.807, 2.05) is 24.3 Å². The van der Waals surface area contributed by atoms with Gasteiger partial charge in [-0.3, -0.25) is 19.4 Å². The highest BCUT2D eigenvalue weighted by molar-refractivity contribution is 6.07. The molecular weight excluding hydrogens is 452 g/mol. The minimum atomic E-state index is -1.89. The summed E-state index contributed by atoms with van der Waals surface area (Å²) in [7, 11) is 3.00. The summed E-state index contributed by atoms with van der Waals surface area (Å²) < 4.78 is 22.2. The standard InChI is InChI=1S/C26H26N2O7/c1-14(29)21-20(15-10-11-18(32-4)19(12-15)33-5)26(23(30)34-25(2,3)35-24(26)31)22-17-9-7-6-8-16(17)13-27-28(21)22/h6-13,20-22H,1-5H3/t20-,21-,22-/m0/s1. The molecule has 0 saturated carbocycles. The molecule has 1 spiro atoms. The van der Waals surface area contributed by atoms with Gasteiger partial charge in [-0.05, 0) is 35.7 Å². The largest absolute Gasteiger partial charge is 0.493 e. The molecule has 2 aromatic carbocycles. The topological polar surface area (TPSA) is 104 Å². The Balaban J connectivity index is 1.82. The fourth-order valence-corrected chi connectivity index (χ4v) is 5.58. The monoisotopic (exact) mass is 478 g/mol. The molecule has 0 radical (unpaired) electrons. The average Bonchev–Trinajstić information content (AvgIpc) is 3.14. The summed E-state index contributed by atoms with van der Waals surface area (Å²) in [6.45, 7) is 4.43. The van der Waals surface area contributed by atoms with Crippen LogP contribution < -0.4 is 9.47 Å². The predicted molar refractivity (Wildman–Crippen MR) is 124 cm³/mol. The van der Waals surface area contributed by atoms with Gasteiger partial charge in [0, 0.05) is 19.8 Å². The van der Waals surface area contributed by atoms with E-state index in [-0.39, 0.29) is 5.78 Å². The minimum Gasteiger partial charge on any atom is -0.493 e. The molecule has 182 valence electrons. The number of carbonyl (C=O) groups excluding carboxylic acids is 3. The lowest BCUT2D eigenvalue weighted by molar-refractivity contribution is -0.254. The van der Waals surface area contributed by atoms with Gasteiger partial charge in [0.15, 0.2) is 17.3 Å². The number of cyclic esters (lactones) is 2. The van der Waals surface area contributed by atoms with Crippen LogP contribution in [0.15, 0.2) is 47.6 Å². The highest BCUT2D eigenvalue weighted by atomic mass is 16.7. The van der Waals surface area contributed by atoms with Gasteiger partial charge in [-0.15, -0.1) is 0 Å². The Morgan fingerprint density at radius 2 is 1.66 bits per heavy atom. The lowest BCUT2D eigenvalue weighted by Gasteiger charge is -2.44. The van der Waals surface area contributed by atoms with E-state index in [1.165, 1.54) is 35.0 Å². The van der Waals surface area contributed by atoms with E-state index in [0.717, 1.165) is 5.56 Å². The number of hydrogen-bond acceptors (Lipinski definition) is 9. The molecule has 3 heterocycles. The molecule has 0 amide bonds. The number of nitrogens with zero attached hydrogens (tertiary/aromatic N) is 2. The van der Waals surface area contributed by atoms with Crippen molar-refractivity contribution in [1.29, 1.82) is 0 Å². The van der Waals surface area contributed by atoms with Crippen LogP contribution in [-0.2, 0) is 23.9 Å². The second kappa shape index (κ2) is 7.83. The Kier molecular flexibility index (Phi) is 5.12. The van der Waals surface area contributed by atoms with Gasteiger partial charge in [-0.25, -0.2) is 0 Å². The van der Waals surface area contributed by atoms with Crippen LogP contribution in [0.25, 0.3) is 0 Å². The van der Waals surface area contributed by atoms with Crippen molar-refractivity contribution in [2.45, 2.75) is 44.6 Å². The van der Waals surface area contributed by atoms with Crippen LogP contribution in [0.3, 0.4) is 0 Å². The summed E-state index contributed by atoms with van der Waals surface area (Å²) in [6.07, 6.45) is 1.63. The third kappa shape index (κ3) is 3.14. The van der Waals surface area contributed by atoms with Crippen molar-refractivity contribution in [3.8, 4) is 11.5 Å². The van der Waals surface area contributed by atoms with Crippen molar-refractivity contribution < 1.29 is 33.3 Å². The molecule has 0 aliphatic carbocycles. The molecule has 3 aliphatic rings. The number of methoxy groups -OCH3 is 2. The van der Waals surface area contributed by atoms with E-state index in [9.17, 15) is 14.4 Å². The zero-order chi connectivity index (χ0) is 25.1. The van der Waals surface area contributed by atoms with Crippen LogP contribution in [0.1, 0.15) is 49.4 Å². The molecule has 35 heavy (non-hydrogen) atoms. The highest BCUT2D eigenvalue weighted by Crippen LogP contribution is 2.62. The molecule has 0 unspecified atom stereocenters. The first-order valence-electron chi connectivity index (χ1n) is 11.3. The van der Waals surface area contributed by atoms with Crippen molar-refractivity contribution in [2.24, 2.45) is 10.5 Å². The van der Waals surface area contributed by atoms with Crippen LogP contribution in [0.5, 0.6) is 11.5 Å². The fraction of sp³-hybridized carbons (Fsp3) is 0.385. The normalized spacial score (nSPS) is 25.4. The Bertz CT molecular complexity index is 1250. The SMILES string of the molecule is COc1ccc([C@H]2[C@H](C(C)=O)N3N=Cc4ccccc4[C@H]3C23C(=O)OC(C)(C)OC3=O)cc1OC. The Labute approximate surface area is 202 Å². The second-order valence-electron chi connectivity index (χ2n) is 9.35. The summed E-state index contributed by atoms with van der Waals surface area (Å²) in [4.78, 5) is 41.1. The van der Waals surface area contributed by atoms with Crippen molar-refractivity contribution in [1.82, 2.24) is 5.01 Å². The number of fused-ring (bicyclic) bond motifs is 4. The smallest absolute Gasteiger partial charge is 0.330 e. The fourth-order valence-electron chi connectivity index (χ4n) is 5.58. The Morgan fingerprint density at radius 1 is 1.00 bits per heavy atom. The third-order valence-electron chi connectivity index (χ3n) is 6.94. The van der Waals surface area contributed by atoms with E-state index >= 15 is 0 Å². The summed E-state index contributed by atoms with van der Waals surface area (Å²) in [6, 6.07) is 10.6. The molecule has 3 atom stereocenters. The molecule has 2 aromatic rings. The van der Waals surface area contributed by atoms with Gasteiger partial charge in [-0.1, -0.05) is 30.3 Å². The maximum atomic E-state index is 14.0. The molecule has 0 bridgehead atoms. The Morgan fingerprint density at radius 3 is 2.29 bits per heavy atom. The molecule has 0 aromatic heterocycles. The van der Waals surface area contributed by atoms with Gasteiger partial charge in [-0.2, -0.15) is 5.10 Å². The summed E-state index contributed by atoms with van der Waals surface area (Å²) in [5.74, 6) is -3.32. The van der Waals surface area contributed by atoms with Gasteiger partial charge >= 0.3 is 11.9 Å². The maximum Gasteiger partial charge on any atom is 0.330 e. The van der Waals surface area contributed by atoms with Gasteiger partial charge in [0.05, 0.1) is 20.4 Å². The second-order valence-corrected chi connectivity index (χ2v) is 9.35. The van der Waals surface area contributed by atoms with E-state index in [4.69, 9.17) is 18.9 Å². The van der Waals surface area contributed by atoms with Crippen molar-refractivity contribution in [2.75, 3.05) is 14.2 Å². The molecule has 9 heteroatoms. The first-order chi connectivity index (χ1) is 16.7. The van der Waals surface area contributed by atoms with Gasteiger partial charge in [0.1, 0.15) is 12.1 Å². The average molecular weight is 479 g/mol. The number of hydrogen-bond donors (Lipinski definition) is 0. The first kappa shape index (κ1) is 22.9. The summed E-state index contributed by atoms with van der Waals surface area (Å²) >= 11 is 0. The van der Waals surface area contributed by atoms with E-state index in [0.29, 0.717) is 22.6 Å². The molecular formula is C26H26N2O7. The van der Waals surface area contributed by atoms with Crippen LogP contribution in [0, 0.1) is 5.41 Å². The van der Waals surface area contributed by atoms with Crippen LogP contribution >= 0.6 is 0 Å². The van der Waals surface area contributed by atoms with Crippen LogP contribution in [0.2, 0.25) is 0 Å². The molecule has 9 nitrogen and oxygen atoms in total. The summed E-state index contributed by atoms with van der Waals surface area (Å²) in [5.41, 5.74) is 0.0666. The van der Waals surface area contributed by atoms with Gasteiger partial charge < -0.3 is 18.9 Å². The molecule has 5 rings (SSSR count). The highest BCUT2D eigenvalue weighted by Gasteiger charge is 2.74. The maximum absolute atomic E-state index is 14.0. The zero-order valence-electron chi connectivity index (χ0n) is 20.1. The lowest BCUT2D eigenvalue weighted by atomic mass is 9.65. The number of esters is 2. The van der Waals surface area contributed by atoms with Gasteiger partial charge in [0.2, 0.25) is 5.41 Å². The summed E-state index contributed by atoms with van der Waals surface area (Å²) in [5, 5.41) is 6.11. The number of carbonyl (C=O) groups is 3. The van der Waals surface area contributed by atoms with Crippen molar-refractivity contribution in [3.05, 3.63) is 59.2 Å². The number of rotatable bonds is 4. The Hall–Kier alpha value is -3.88. The predicted octanol–water partition coefficient (Wildman–Crippen LogP) is 2.97. The van der Waals surface area contributed by atoms with E-state index in [2.05, 4.69) is 5.10 Å². The first-order valence-corrected chi connectivity index (χ1v) is 11.3. The number of benzene rings is 2. The number of hydrazone groups is 1. The molecule has 2 saturated heterocycles. The zero-order valence-corrected chi connectivity index (χ0v) is 20.1. The molecule has 2 fully saturated rings. The molecule has 3 aliphatic heterocycles. The number of ether oxygens (including phenoxy) is 4. The minimum absolute atomic E-state index is 0.256. The van der Waals surface area contributed by atoms with Crippen molar-refractivity contribution >= 4 is 23.9 Å². The number of Topliss-reactive ketones (excluding diaryl/α,β-unsaturated/α-hetero) is 1. The third-order valence-corrected chi connectivity index (χ3v) is 6.94. The van der Waals surface area contributed by atoms with Gasteiger partial charge in [0.25, 0.3) is 5.79 Å². The lowest BCUT2D eigenvalue weighted by Crippen LogP contribution is -2.58. The molecule has 0 N–H and O–H groups in total.